The van der Waals surface area contributed by atoms with Crippen molar-refractivity contribution in [1.82, 2.24) is 0 Å². The van der Waals surface area contributed by atoms with Crippen molar-refractivity contribution >= 4 is 11.8 Å². The van der Waals surface area contributed by atoms with Gasteiger partial charge in [-0.1, -0.05) is 63.2 Å². The number of carboxylic acid groups (broad SMARTS) is 1. The molecule has 0 aliphatic heterocycles. The fourth-order valence-electron chi connectivity index (χ4n) is 4.24. The van der Waals surface area contributed by atoms with Gasteiger partial charge in [0.15, 0.2) is 5.78 Å². The number of carbonyl (C=O) groups excluding carboxylic acids is 1. The first-order valence-electron chi connectivity index (χ1n) is 10.4. The number of carbonyl (C=O) groups is 2. The van der Waals surface area contributed by atoms with Gasteiger partial charge in [0, 0.05) is 18.3 Å². The van der Waals surface area contributed by atoms with E-state index in [2.05, 4.69) is 0 Å². The molecule has 0 bridgehead atoms. The number of aliphatic hydroxyl groups excluding tert-OH is 1. The Bertz CT molecular complexity index is 502. The molecule has 0 heterocycles. The predicted molar refractivity (Wildman–Crippen MR) is 103 cm³/mol. The zero-order chi connectivity index (χ0) is 18.8. The molecule has 1 fully saturated rings. The number of aliphatic hydroxyl groups is 1. The molecular weight excluding hydrogens is 328 g/mol. The van der Waals surface area contributed by atoms with Crippen LogP contribution >= 0.6 is 0 Å². The minimum absolute atomic E-state index is 0.00671. The van der Waals surface area contributed by atoms with Gasteiger partial charge < -0.3 is 10.2 Å². The van der Waals surface area contributed by atoms with E-state index in [4.69, 9.17) is 5.11 Å². The Morgan fingerprint density at radius 3 is 2.62 bits per heavy atom. The first kappa shape index (κ1) is 20.9. The lowest BCUT2D eigenvalue weighted by Gasteiger charge is -2.16. The summed E-state index contributed by atoms with van der Waals surface area (Å²) >= 11 is 0. The van der Waals surface area contributed by atoms with E-state index in [9.17, 15) is 14.7 Å². The van der Waals surface area contributed by atoms with Crippen molar-refractivity contribution in [3.8, 4) is 0 Å². The molecule has 0 saturated heterocycles. The maximum atomic E-state index is 12.1. The molecule has 0 aromatic carbocycles. The van der Waals surface area contributed by atoms with E-state index in [1.54, 1.807) is 6.08 Å². The fourth-order valence-corrected chi connectivity index (χ4v) is 4.24. The van der Waals surface area contributed by atoms with E-state index in [1.807, 2.05) is 18.2 Å². The van der Waals surface area contributed by atoms with Gasteiger partial charge in [-0.05, 0) is 37.7 Å². The summed E-state index contributed by atoms with van der Waals surface area (Å²) in [4.78, 5) is 22.6. The van der Waals surface area contributed by atoms with Crippen molar-refractivity contribution in [2.75, 3.05) is 0 Å². The van der Waals surface area contributed by atoms with E-state index in [0.29, 0.717) is 6.42 Å². The highest BCUT2D eigenvalue weighted by Crippen LogP contribution is 2.30. The third-order valence-corrected chi connectivity index (χ3v) is 5.87. The molecule has 146 valence electrons. The molecule has 0 aromatic heterocycles. The number of hydrogen-bond acceptors (Lipinski definition) is 3. The van der Waals surface area contributed by atoms with Crippen molar-refractivity contribution in [1.29, 1.82) is 0 Å². The SMILES string of the molecule is O=C(O)CCCCCC[C@H]1C(=O)C=C[C@@H]1/C=C/C(O)CCC1CCCC1. The molecule has 4 heteroatoms. The average Bonchev–Trinajstić information content (AvgIpc) is 3.24. The van der Waals surface area contributed by atoms with Crippen LogP contribution in [0, 0.1) is 17.8 Å². The summed E-state index contributed by atoms with van der Waals surface area (Å²) < 4.78 is 0. The monoisotopic (exact) mass is 362 g/mol. The summed E-state index contributed by atoms with van der Waals surface area (Å²) in [5, 5.41) is 18.8. The van der Waals surface area contributed by atoms with Crippen LogP contribution in [-0.2, 0) is 9.59 Å². The van der Waals surface area contributed by atoms with Crippen LogP contribution in [0.5, 0.6) is 0 Å². The number of aliphatic carboxylic acids is 1. The van der Waals surface area contributed by atoms with Gasteiger partial charge >= 0.3 is 5.97 Å². The Balaban J connectivity index is 1.66. The Labute approximate surface area is 157 Å². The summed E-state index contributed by atoms with van der Waals surface area (Å²) in [7, 11) is 0. The average molecular weight is 363 g/mol. The lowest BCUT2D eigenvalue weighted by atomic mass is 9.88. The second-order valence-electron chi connectivity index (χ2n) is 7.97. The predicted octanol–water partition coefficient (Wildman–Crippen LogP) is 4.67. The molecule has 2 N–H and O–H groups in total. The Hall–Kier alpha value is -1.42. The molecule has 26 heavy (non-hydrogen) atoms. The lowest BCUT2D eigenvalue weighted by molar-refractivity contribution is -0.137. The zero-order valence-electron chi connectivity index (χ0n) is 15.8. The van der Waals surface area contributed by atoms with Crippen LogP contribution in [0.15, 0.2) is 24.3 Å². The van der Waals surface area contributed by atoms with E-state index in [1.165, 1.54) is 25.7 Å². The van der Waals surface area contributed by atoms with Crippen LogP contribution in [-0.4, -0.2) is 28.1 Å². The van der Waals surface area contributed by atoms with Gasteiger partial charge in [0.05, 0.1) is 6.10 Å². The molecule has 0 spiro atoms. The highest BCUT2D eigenvalue weighted by atomic mass is 16.4. The molecule has 2 rings (SSSR count). The third-order valence-electron chi connectivity index (χ3n) is 5.87. The van der Waals surface area contributed by atoms with Crippen molar-refractivity contribution in [2.24, 2.45) is 17.8 Å². The molecule has 1 saturated carbocycles. The lowest BCUT2D eigenvalue weighted by Crippen LogP contribution is -2.15. The number of rotatable bonds is 12. The van der Waals surface area contributed by atoms with Crippen molar-refractivity contribution in [3.05, 3.63) is 24.3 Å². The normalized spacial score (nSPS) is 24.7. The molecule has 2 aliphatic rings. The number of unbranched alkanes of at least 4 members (excludes halogenated alkanes) is 3. The highest BCUT2D eigenvalue weighted by molar-refractivity contribution is 5.94. The number of carboxylic acids is 1. The summed E-state index contributed by atoms with van der Waals surface area (Å²) in [5.74, 6) is 0.331. The second-order valence-corrected chi connectivity index (χ2v) is 7.97. The first-order valence-corrected chi connectivity index (χ1v) is 10.4. The standard InChI is InChI=1S/C22H34O4/c23-19(14-11-17-7-5-6-8-17)15-12-18-13-16-21(24)20(18)9-3-1-2-4-10-22(25)26/h12-13,15-20,23H,1-11,14H2,(H,25,26)/b15-12+/t18-,19?,20+/m0/s1. The van der Waals surface area contributed by atoms with Crippen LogP contribution in [0.25, 0.3) is 0 Å². The van der Waals surface area contributed by atoms with Crippen molar-refractivity contribution < 1.29 is 19.8 Å². The van der Waals surface area contributed by atoms with Crippen LogP contribution in [0.2, 0.25) is 0 Å². The maximum absolute atomic E-state index is 12.1. The highest BCUT2D eigenvalue weighted by Gasteiger charge is 2.27. The minimum atomic E-state index is -0.739. The number of ketones is 1. The van der Waals surface area contributed by atoms with E-state index >= 15 is 0 Å². The van der Waals surface area contributed by atoms with Gasteiger partial charge in [-0.25, -0.2) is 0 Å². The quantitative estimate of drug-likeness (QED) is 0.391. The Kier molecular flexibility index (Phi) is 9.10. The van der Waals surface area contributed by atoms with E-state index in [-0.39, 0.29) is 24.0 Å². The van der Waals surface area contributed by atoms with E-state index < -0.39 is 12.1 Å². The van der Waals surface area contributed by atoms with Gasteiger partial charge in [-0.15, -0.1) is 0 Å². The molecule has 1 unspecified atom stereocenters. The van der Waals surface area contributed by atoms with Crippen LogP contribution < -0.4 is 0 Å². The summed E-state index contributed by atoms with van der Waals surface area (Å²) in [5.41, 5.74) is 0. The Morgan fingerprint density at radius 2 is 1.88 bits per heavy atom. The summed E-state index contributed by atoms with van der Waals surface area (Å²) in [6.07, 6.45) is 18.9. The summed E-state index contributed by atoms with van der Waals surface area (Å²) in [6.45, 7) is 0. The van der Waals surface area contributed by atoms with Crippen LogP contribution in [0.3, 0.4) is 0 Å². The van der Waals surface area contributed by atoms with E-state index in [0.717, 1.165) is 44.4 Å². The van der Waals surface area contributed by atoms with Gasteiger partial charge in [0.2, 0.25) is 0 Å². The third kappa shape index (κ3) is 7.45. The topological polar surface area (TPSA) is 74.6 Å². The van der Waals surface area contributed by atoms with Crippen LogP contribution in [0.1, 0.15) is 77.0 Å². The molecule has 0 radical (unpaired) electrons. The maximum Gasteiger partial charge on any atom is 0.303 e. The number of allylic oxidation sites excluding steroid dienone is 3. The molecule has 0 amide bonds. The minimum Gasteiger partial charge on any atom is -0.481 e. The fraction of sp³-hybridized carbons (Fsp3) is 0.727. The molecule has 2 aliphatic carbocycles. The molecule has 4 nitrogen and oxygen atoms in total. The molecular formula is C22H34O4. The van der Waals surface area contributed by atoms with Gasteiger partial charge in [0.25, 0.3) is 0 Å². The van der Waals surface area contributed by atoms with Crippen molar-refractivity contribution in [2.45, 2.75) is 83.2 Å². The smallest absolute Gasteiger partial charge is 0.303 e. The molecule has 3 atom stereocenters. The zero-order valence-corrected chi connectivity index (χ0v) is 15.8. The van der Waals surface area contributed by atoms with Crippen LogP contribution in [0.4, 0.5) is 0 Å². The van der Waals surface area contributed by atoms with Gasteiger partial charge in [-0.2, -0.15) is 0 Å². The van der Waals surface area contributed by atoms with Gasteiger partial charge in [0.1, 0.15) is 0 Å². The largest absolute Gasteiger partial charge is 0.481 e. The van der Waals surface area contributed by atoms with Gasteiger partial charge in [-0.3, -0.25) is 9.59 Å². The van der Waals surface area contributed by atoms with Crippen molar-refractivity contribution in [3.63, 3.8) is 0 Å². The Morgan fingerprint density at radius 1 is 1.15 bits per heavy atom. The summed E-state index contributed by atoms with van der Waals surface area (Å²) in [6, 6.07) is 0. The second kappa shape index (κ2) is 11.3. The first-order chi connectivity index (χ1) is 12.6. The molecule has 0 aromatic rings. The number of hydrogen-bond donors (Lipinski definition) is 2.